The molecule has 1 fully saturated rings. The predicted molar refractivity (Wildman–Crippen MR) is 88.4 cm³/mol. The lowest BCUT2D eigenvalue weighted by molar-refractivity contribution is -0.146. The molecule has 0 bridgehead atoms. The molecule has 0 saturated carbocycles. The van der Waals surface area contributed by atoms with Crippen LogP contribution in [0.1, 0.15) is 35.7 Å². The van der Waals surface area contributed by atoms with Crippen molar-refractivity contribution < 1.29 is 37.4 Å². The average Bonchev–Trinajstić information content (AvgIpc) is 2.99. The molecular formula is C17H19F3N2O5. The van der Waals surface area contributed by atoms with Crippen molar-refractivity contribution in [2.24, 2.45) is 0 Å². The standard InChI is InChI=1S/C17H19F3N2O5/c1-16(9-27-2,15(25)26)21-14(24)10-6-11(17(18,19)20)8-12(7-10)22-5-3-4-13(22)23/h6-8H,3-5,9H2,1-2H3,(H,21,24)(H,25,26). The monoisotopic (exact) mass is 388 g/mol. The summed E-state index contributed by atoms with van der Waals surface area (Å²) in [7, 11) is 1.23. The number of anilines is 1. The molecule has 1 aliphatic heterocycles. The highest BCUT2D eigenvalue weighted by Crippen LogP contribution is 2.34. The Labute approximate surface area is 153 Å². The average molecular weight is 388 g/mol. The van der Waals surface area contributed by atoms with Gasteiger partial charge in [-0.15, -0.1) is 0 Å². The summed E-state index contributed by atoms with van der Waals surface area (Å²) >= 11 is 0. The van der Waals surface area contributed by atoms with Crippen LogP contribution < -0.4 is 10.2 Å². The number of alkyl halides is 3. The molecule has 0 aromatic heterocycles. The van der Waals surface area contributed by atoms with Gasteiger partial charge in [-0.25, -0.2) is 4.79 Å². The van der Waals surface area contributed by atoms with Gasteiger partial charge in [0, 0.05) is 31.3 Å². The zero-order valence-corrected chi connectivity index (χ0v) is 14.7. The van der Waals surface area contributed by atoms with Crippen molar-refractivity contribution in [1.29, 1.82) is 0 Å². The molecule has 148 valence electrons. The smallest absolute Gasteiger partial charge is 0.416 e. The zero-order valence-electron chi connectivity index (χ0n) is 14.7. The molecule has 10 heteroatoms. The molecule has 2 N–H and O–H groups in total. The number of benzene rings is 1. The fraction of sp³-hybridized carbons (Fsp3) is 0.471. The van der Waals surface area contributed by atoms with Gasteiger partial charge in [0.15, 0.2) is 5.54 Å². The van der Waals surface area contributed by atoms with Crippen LogP contribution in [-0.2, 0) is 20.5 Å². The topological polar surface area (TPSA) is 95.9 Å². The minimum atomic E-state index is -4.74. The molecule has 7 nitrogen and oxygen atoms in total. The van der Waals surface area contributed by atoms with Gasteiger partial charge in [0.1, 0.15) is 0 Å². The third-order valence-corrected chi connectivity index (χ3v) is 4.19. The van der Waals surface area contributed by atoms with Crippen LogP contribution in [0.2, 0.25) is 0 Å². The SMILES string of the molecule is COCC(C)(NC(=O)c1cc(N2CCCC2=O)cc(C(F)(F)F)c1)C(=O)O. The number of aliphatic carboxylic acids is 1. The Balaban J connectivity index is 2.44. The van der Waals surface area contributed by atoms with Crippen LogP contribution in [0.15, 0.2) is 18.2 Å². The molecule has 1 aromatic carbocycles. The Morgan fingerprint density at radius 3 is 2.44 bits per heavy atom. The second-order valence-electron chi connectivity index (χ2n) is 6.44. The van der Waals surface area contributed by atoms with Gasteiger partial charge in [-0.2, -0.15) is 13.2 Å². The van der Waals surface area contributed by atoms with Crippen LogP contribution >= 0.6 is 0 Å². The molecule has 0 spiro atoms. The molecule has 0 aliphatic carbocycles. The van der Waals surface area contributed by atoms with Gasteiger partial charge < -0.3 is 20.1 Å². The maximum atomic E-state index is 13.2. The van der Waals surface area contributed by atoms with Gasteiger partial charge in [-0.3, -0.25) is 9.59 Å². The van der Waals surface area contributed by atoms with E-state index >= 15 is 0 Å². The van der Waals surface area contributed by atoms with Gasteiger partial charge in [0.2, 0.25) is 5.91 Å². The van der Waals surface area contributed by atoms with E-state index in [-0.39, 0.29) is 31.2 Å². The highest BCUT2D eigenvalue weighted by atomic mass is 19.4. The lowest BCUT2D eigenvalue weighted by Crippen LogP contribution is -2.55. The first kappa shape index (κ1) is 20.7. The lowest BCUT2D eigenvalue weighted by Gasteiger charge is -2.26. The molecule has 1 aromatic rings. The van der Waals surface area contributed by atoms with Crippen molar-refractivity contribution in [3.8, 4) is 0 Å². The van der Waals surface area contributed by atoms with Crippen molar-refractivity contribution in [3.05, 3.63) is 29.3 Å². The first-order valence-corrected chi connectivity index (χ1v) is 8.05. The normalized spacial score (nSPS) is 16.9. The van der Waals surface area contributed by atoms with Crippen molar-refractivity contribution in [1.82, 2.24) is 5.32 Å². The molecule has 1 atom stereocenters. The Hall–Kier alpha value is -2.62. The summed E-state index contributed by atoms with van der Waals surface area (Å²) in [6.45, 7) is 1.04. The quantitative estimate of drug-likeness (QED) is 0.778. The summed E-state index contributed by atoms with van der Waals surface area (Å²) in [6, 6.07) is 2.56. The molecule has 0 radical (unpaired) electrons. The fourth-order valence-corrected chi connectivity index (χ4v) is 2.75. The molecule has 27 heavy (non-hydrogen) atoms. The van der Waals surface area contributed by atoms with E-state index in [0.717, 1.165) is 12.1 Å². The Kier molecular flexibility index (Phi) is 5.79. The first-order valence-electron chi connectivity index (χ1n) is 8.05. The van der Waals surface area contributed by atoms with Crippen LogP contribution in [-0.4, -0.2) is 48.7 Å². The third-order valence-electron chi connectivity index (χ3n) is 4.19. The first-order chi connectivity index (χ1) is 12.5. The molecule has 2 amide bonds. The van der Waals surface area contributed by atoms with Crippen molar-refractivity contribution in [3.63, 3.8) is 0 Å². The number of carbonyl (C=O) groups is 3. The number of amides is 2. The number of methoxy groups -OCH3 is 1. The summed E-state index contributed by atoms with van der Waals surface area (Å²) in [5.41, 5.74) is -3.39. The molecule has 2 rings (SSSR count). The van der Waals surface area contributed by atoms with E-state index in [1.165, 1.54) is 18.9 Å². The number of carbonyl (C=O) groups excluding carboxylic acids is 2. The van der Waals surface area contributed by atoms with Crippen LogP contribution in [0.5, 0.6) is 0 Å². The Morgan fingerprint density at radius 1 is 1.30 bits per heavy atom. The van der Waals surface area contributed by atoms with E-state index in [1.54, 1.807) is 0 Å². The summed E-state index contributed by atoms with van der Waals surface area (Å²) in [6.07, 6.45) is -4.03. The van der Waals surface area contributed by atoms with Crippen LogP contribution in [0.3, 0.4) is 0 Å². The number of ether oxygens (including phenoxy) is 1. The number of hydrogen-bond acceptors (Lipinski definition) is 4. The van der Waals surface area contributed by atoms with E-state index in [4.69, 9.17) is 4.74 Å². The molecule has 1 heterocycles. The van der Waals surface area contributed by atoms with Gasteiger partial charge in [-0.05, 0) is 31.5 Å². The van der Waals surface area contributed by atoms with Gasteiger partial charge in [-0.1, -0.05) is 0 Å². The number of carboxylic acids is 1. The second kappa shape index (κ2) is 7.55. The van der Waals surface area contributed by atoms with Gasteiger partial charge >= 0.3 is 12.1 Å². The number of carboxylic acid groups (broad SMARTS) is 1. The van der Waals surface area contributed by atoms with Crippen LogP contribution in [0, 0.1) is 0 Å². The maximum Gasteiger partial charge on any atom is 0.416 e. The number of nitrogens with zero attached hydrogens (tertiary/aromatic N) is 1. The Bertz CT molecular complexity index is 765. The summed E-state index contributed by atoms with van der Waals surface area (Å²) < 4.78 is 44.5. The maximum absolute atomic E-state index is 13.2. The molecule has 1 saturated heterocycles. The van der Waals surface area contributed by atoms with E-state index in [1.807, 2.05) is 0 Å². The highest BCUT2D eigenvalue weighted by Gasteiger charge is 2.37. The van der Waals surface area contributed by atoms with Crippen molar-refractivity contribution >= 4 is 23.5 Å². The van der Waals surface area contributed by atoms with Crippen molar-refractivity contribution in [2.45, 2.75) is 31.5 Å². The minimum Gasteiger partial charge on any atom is -0.479 e. The predicted octanol–water partition coefficient (Wildman–Crippen LogP) is 2.05. The van der Waals surface area contributed by atoms with E-state index in [2.05, 4.69) is 5.32 Å². The highest BCUT2D eigenvalue weighted by molar-refractivity contribution is 6.01. The molecule has 1 aliphatic rings. The van der Waals surface area contributed by atoms with Gasteiger partial charge in [0.25, 0.3) is 5.91 Å². The number of nitrogens with one attached hydrogen (secondary N) is 1. The van der Waals surface area contributed by atoms with E-state index in [9.17, 15) is 32.7 Å². The number of halogens is 3. The number of rotatable bonds is 6. The third kappa shape index (κ3) is 4.57. The van der Waals surface area contributed by atoms with E-state index < -0.39 is 34.7 Å². The van der Waals surface area contributed by atoms with Gasteiger partial charge in [0.05, 0.1) is 12.2 Å². The number of hydrogen-bond donors (Lipinski definition) is 2. The minimum absolute atomic E-state index is 0.0544. The van der Waals surface area contributed by atoms with E-state index in [0.29, 0.717) is 12.5 Å². The molecule has 1 unspecified atom stereocenters. The molecular weight excluding hydrogens is 369 g/mol. The largest absolute Gasteiger partial charge is 0.479 e. The zero-order chi connectivity index (χ0) is 20.4. The summed E-state index contributed by atoms with van der Waals surface area (Å²) in [5.74, 6) is -2.76. The fourth-order valence-electron chi connectivity index (χ4n) is 2.75. The lowest BCUT2D eigenvalue weighted by atomic mass is 10.0. The summed E-state index contributed by atoms with van der Waals surface area (Å²) in [4.78, 5) is 36.9. The van der Waals surface area contributed by atoms with Crippen LogP contribution in [0.4, 0.5) is 18.9 Å². The Morgan fingerprint density at radius 2 is 1.96 bits per heavy atom. The van der Waals surface area contributed by atoms with Crippen molar-refractivity contribution in [2.75, 3.05) is 25.2 Å². The van der Waals surface area contributed by atoms with Crippen LogP contribution in [0.25, 0.3) is 0 Å². The second-order valence-corrected chi connectivity index (χ2v) is 6.44. The summed E-state index contributed by atoms with van der Waals surface area (Å²) in [5, 5.41) is 11.5.